The quantitative estimate of drug-likeness (QED) is 0.618. The van der Waals surface area contributed by atoms with Gasteiger partial charge in [-0.05, 0) is 47.7 Å². The molecule has 3 aromatic rings. The second kappa shape index (κ2) is 7.63. The number of rotatable bonds is 2. The van der Waals surface area contributed by atoms with E-state index in [1.54, 1.807) is 0 Å². The van der Waals surface area contributed by atoms with Crippen molar-refractivity contribution in [2.75, 3.05) is 0 Å². The number of pyridine rings is 1. The Labute approximate surface area is 128 Å². The van der Waals surface area contributed by atoms with E-state index in [4.69, 9.17) is 7.85 Å². The highest BCUT2D eigenvalue weighted by atomic mass is 14.6. The van der Waals surface area contributed by atoms with Gasteiger partial charge in [-0.2, -0.15) is 0 Å². The lowest BCUT2D eigenvalue weighted by atomic mass is 9.96. The van der Waals surface area contributed by atoms with Gasteiger partial charge in [-0.1, -0.05) is 54.9 Å². The number of nitrogens with zero attached hydrogens (tertiary/aromatic N) is 1. The minimum Gasteiger partial charge on any atom is -0.264 e. The van der Waals surface area contributed by atoms with Crippen molar-refractivity contribution in [1.82, 2.24) is 4.98 Å². The fraction of sp³-hybridized carbons (Fsp3) is 0.211. The normalized spacial score (nSPS) is 10.0. The minimum absolute atomic E-state index is 0.721. The van der Waals surface area contributed by atoms with Crippen LogP contribution >= 0.6 is 0 Å². The van der Waals surface area contributed by atoms with Gasteiger partial charge in [0.05, 0.1) is 7.85 Å². The number of fused-ring (bicyclic) bond motifs is 1. The Morgan fingerprint density at radius 2 is 1.52 bits per heavy atom. The number of aromatic nitrogens is 1. The molecule has 0 N–H and O–H groups in total. The molecule has 3 rings (SSSR count). The third kappa shape index (κ3) is 4.75. The Morgan fingerprint density at radius 1 is 0.857 bits per heavy atom. The van der Waals surface area contributed by atoms with Gasteiger partial charge in [0.2, 0.25) is 0 Å². The summed E-state index contributed by atoms with van der Waals surface area (Å²) >= 11 is 0. The van der Waals surface area contributed by atoms with Crippen molar-refractivity contribution in [3.8, 4) is 0 Å². The van der Waals surface area contributed by atoms with Crippen LogP contribution < -0.4 is 0 Å². The van der Waals surface area contributed by atoms with Crippen molar-refractivity contribution in [3.63, 3.8) is 0 Å². The third-order valence-electron chi connectivity index (χ3n) is 3.26. The van der Waals surface area contributed by atoms with Crippen molar-refractivity contribution < 1.29 is 0 Å². The summed E-state index contributed by atoms with van der Waals surface area (Å²) < 4.78 is 0. The van der Waals surface area contributed by atoms with Gasteiger partial charge in [-0.25, -0.2) is 0 Å². The zero-order chi connectivity index (χ0) is 15.1. The number of benzene rings is 2. The van der Waals surface area contributed by atoms with Gasteiger partial charge < -0.3 is 0 Å². The molecule has 0 spiro atoms. The first-order valence-corrected chi connectivity index (χ1v) is 7.25. The van der Waals surface area contributed by atoms with Gasteiger partial charge in [-0.3, -0.25) is 4.98 Å². The van der Waals surface area contributed by atoms with E-state index >= 15 is 0 Å². The average Bonchev–Trinajstić information content (AvgIpc) is 2.48. The molecule has 2 radical (unpaired) electrons. The van der Waals surface area contributed by atoms with Gasteiger partial charge in [-0.15, -0.1) is 0 Å². The summed E-state index contributed by atoms with van der Waals surface area (Å²) in [6.45, 7) is 4.08. The molecule has 0 fully saturated rings. The molecule has 2 heteroatoms. The first-order valence-electron chi connectivity index (χ1n) is 7.25. The molecule has 0 atom stereocenters. The lowest BCUT2D eigenvalue weighted by Gasteiger charge is -2.01. The second-order valence-electron chi connectivity index (χ2n) is 5.26. The monoisotopic (exact) mass is 273 g/mol. The summed E-state index contributed by atoms with van der Waals surface area (Å²) in [5.74, 6) is 0. The Hall–Kier alpha value is -2.09. The van der Waals surface area contributed by atoms with Crippen LogP contribution in [0, 0.1) is 13.8 Å². The van der Waals surface area contributed by atoms with Crippen molar-refractivity contribution >= 4 is 18.6 Å². The lowest BCUT2D eigenvalue weighted by Crippen LogP contribution is -1.83. The van der Waals surface area contributed by atoms with Crippen LogP contribution in [0.2, 0.25) is 6.32 Å². The molecule has 0 aliphatic carbocycles. The van der Waals surface area contributed by atoms with E-state index in [-0.39, 0.29) is 0 Å². The maximum atomic E-state index is 5.50. The predicted octanol–water partition coefficient (Wildman–Crippen LogP) is 4.67. The highest BCUT2D eigenvalue weighted by Gasteiger charge is 1.93. The molecular weight excluding hydrogens is 253 g/mol. The lowest BCUT2D eigenvalue weighted by molar-refractivity contribution is 1.14. The standard InChI is InChI=1S/C12H11B.C7H9N/c13-8-7-10-5-6-11-3-1-2-4-12(11)9-10;1-6-3-7(2)5-8-4-6/h1-6,9H,7-8H2;3-5H,1-2H3. The van der Waals surface area contributed by atoms with Crippen LogP contribution in [-0.4, -0.2) is 12.8 Å². The molecule has 1 heterocycles. The molecule has 21 heavy (non-hydrogen) atoms. The van der Waals surface area contributed by atoms with Crippen molar-refractivity contribution in [1.29, 1.82) is 0 Å². The molecule has 1 nitrogen and oxygen atoms in total. The smallest absolute Gasteiger partial charge is 0.0657 e. The van der Waals surface area contributed by atoms with E-state index in [1.807, 2.05) is 26.2 Å². The molecule has 1 aromatic heterocycles. The first-order chi connectivity index (χ1) is 10.2. The van der Waals surface area contributed by atoms with Gasteiger partial charge in [0, 0.05) is 12.4 Å². The highest BCUT2D eigenvalue weighted by Crippen LogP contribution is 2.16. The first kappa shape index (κ1) is 15.3. The Balaban J connectivity index is 0.000000173. The van der Waals surface area contributed by atoms with E-state index in [1.165, 1.54) is 27.5 Å². The summed E-state index contributed by atoms with van der Waals surface area (Å²) in [6.07, 6.45) is 5.39. The summed E-state index contributed by atoms with van der Waals surface area (Å²) in [5, 5.41) is 2.59. The van der Waals surface area contributed by atoms with Gasteiger partial charge in [0.25, 0.3) is 0 Å². The largest absolute Gasteiger partial charge is 0.264 e. The number of aryl methyl sites for hydroxylation is 3. The van der Waals surface area contributed by atoms with Crippen LogP contribution in [0.5, 0.6) is 0 Å². The zero-order valence-corrected chi connectivity index (χ0v) is 12.7. The van der Waals surface area contributed by atoms with Crippen molar-refractivity contribution in [2.24, 2.45) is 0 Å². The van der Waals surface area contributed by atoms with Gasteiger partial charge in [0.15, 0.2) is 0 Å². The Bertz CT molecular complexity index is 689. The van der Waals surface area contributed by atoms with Crippen molar-refractivity contribution in [3.05, 3.63) is 77.6 Å². The van der Waals surface area contributed by atoms with Gasteiger partial charge >= 0.3 is 0 Å². The third-order valence-corrected chi connectivity index (χ3v) is 3.26. The zero-order valence-electron chi connectivity index (χ0n) is 12.7. The maximum Gasteiger partial charge on any atom is 0.0657 e. The minimum atomic E-state index is 0.721. The number of hydrogen-bond donors (Lipinski definition) is 0. The van der Waals surface area contributed by atoms with E-state index in [9.17, 15) is 0 Å². The molecule has 0 saturated heterocycles. The van der Waals surface area contributed by atoms with Crippen LogP contribution in [0.25, 0.3) is 10.8 Å². The molecule has 0 amide bonds. The Morgan fingerprint density at radius 3 is 2.10 bits per heavy atom. The molecule has 0 aliphatic rings. The molecule has 104 valence electrons. The van der Waals surface area contributed by atoms with E-state index in [2.05, 4.69) is 53.5 Å². The van der Waals surface area contributed by atoms with E-state index in [0.29, 0.717) is 0 Å². The predicted molar refractivity (Wildman–Crippen MR) is 91.9 cm³/mol. The Kier molecular flexibility index (Phi) is 5.56. The fourth-order valence-corrected chi connectivity index (χ4v) is 2.27. The van der Waals surface area contributed by atoms with Crippen LogP contribution in [0.15, 0.2) is 60.9 Å². The molecule has 0 unspecified atom stereocenters. The molecular formula is C19H20BN. The fourth-order valence-electron chi connectivity index (χ4n) is 2.27. The summed E-state index contributed by atoms with van der Waals surface area (Å²) in [5.41, 5.74) is 3.77. The average molecular weight is 273 g/mol. The van der Waals surface area contributed by atoms with Crippen LogP contribution in [0.4, 0.5) is 0 Å². The molecule has 0 saturated carbocycles. The van der Waals surface area contributed by atoms with Crippen molar-refractivity contribution in [2.45, 2.75) is 26.6 Å². The second-order valence-corrected chi connectivity index (χ2v) is 5.26. The highest BCUT2D eigenvalue weighted by molar-refractivity contribution is 6.08. The maximum absolute atomic E-state index is 5.50. The van der Waals surface area contributed by atoms with E-state index < -0.39 is 0 Å². The summed E-state index contributed by atoms with van der Waals surface area (Å²) in [7, 11) is 5.50. The molecule has 0 aliphatic heterocycles. The van der Waals surface area contributed by atoms with Crippen LogP contribution in [-0.2, 0) is 6.42 Å². The van der Waals surface area contributed by atoms with Crippen LogP contribution in [0.3, 0.4) is 0 Å². The topological polar surface area (TPSA) is 12.9 Å². The SMILES string of the molecule is Cc1cncc(C)c1.[B]CCc1ccc2ccccc2c1. The van der Waals surface area contributed by atoms with E-state index in [0.717, 1.165) is 12.7 Å². The molecule has 0 bridgehead atoms. The molecule has 2 aromatic carbocycles. The number of hydrogen-bond acceptors (Lipinski definition) is 1. The van der Waals surface area contributed by atoms with Crippen LogP contribution in [0.1, 0.15) is 16.7 Å². The summed E-state index contributed by atoms with van der Waals surface area (Å²) in [6, 6.07) is 17.0. The van der Waals surface area contributed by atoms with Gasteiger partial charge in [0.1, 0.15) is 0 Å². The summed E-state index contributed by atoms with van der Waals surface area (Å²) in [4.78, 5) is 3.98.